The van der Waals surface area contributed by atoms with Crippen molar-refractivity contribution in [3.05, 3.63) is 54.1 Å². The summed E-state index contributed by atoms with van der Waals surface area (Å²) < 4.78 is 32.4. The Bertz CT molecular complexity index is 790. The third-order valence-corrected chi connectivity index (χ3v) is 3.27. The number of hydrogen-bond acceptors (Lipinski definition) is 4. The summed E-state index contributed by atoms with van der Waals surface area (Å²) in [5, 5.41) is 7.21. The SMILES string of the molecule is CC(Nc1ccn2nccc2n1)c1cc(F)ccc1OCF. The van der Waals surface area contributed by atoms with Crippen LogP contribution in [-0.2, 0) is 0 Å². The van der Waals surface area contributed by atoms with Gasteiger partial charge >= 0.3 is 0 Å². The first-order valence-corrected chi connectivity index (χ1v) is 6.72. The first-order valence-electron chi connectivity index (χ1n) is 6.72. The number of halogens is 2. The van der Waals surface area contributed by atoms with Gasteiger partial charge in [-0.25, -0.2) is 18.3 Å². The highest BCUT2D eigenvalue weighted by Crippen LogP contribution is 2.28. The van der Waals surface area contributed by atoms with Gasteiger partial charge in [0.2, 0.25) is 6.86 Å². The molecule has 114 valence electrons. The van der Waals surface area contributed by atoms with Gasteiger partial charge in [-0.05, 0) is 31.2 Å². The monoisotopic (exact) mass is 304 g/mol. The van der Waals surface area contributed by atoms with Crippen LogP contribution in [0.3, 0.4) is 0 Å². The fraction of sp³-hybridized carbons (Fsp3) is 0.200. The number of nitrogens with one attached hydrogen (secondary N) is 1. The van der Waals surface area contributed by atoms with Gasteiger partial charge < -0.3 is 10.1 Å². The Hall–Kier alpha value is -2.70. The van der Waals surface area contributed by atoms with Crippen molar-refractivity contribution in [1.82, 2.24) is 14.6 Å². The van der Waals surface area contributed by atoms with Crippen LogP contribution < -0.4 is 10.1 Å². The van der Waals surface area contributed by atoms with Crippen molar-refractivity contribution in [2.45, 2.75) is 13.0 Å². The summed E-state index contributed by atoms with van der Waals surface area (Å²) >= 11 is 0. The second-order valence-electron chi connectivity index (χ2n) is 4.75. The Morgan fingerprint density at radius 1 is 1.32 bits per heavy atom. The van der Waals surface area contributed by atoms with E-state index in [2.05, 4.69) is 15.4 Å². The Labute approximate surface area is 125 Å². The molecule has 0 spiro atoms. The van der Waals surface area contributed by atoms with Gasteiger partial charge in [-0.2, -0.15) is 5.10 Å². The van der Waals surface area contributed by atoms with Crippen molar-refractivity contribution < 1.29 is 13.5 Å². The molecule has 0 radical (unpaired) electrons. The van der Waals surface area contributed by atoms with E-state index in [0.717, 1.165) is 0 Å². The summed E-state index contributed by atoms with van der Waals surface area (Å²) in [5.41, 5.74) is 1.21. The first kappa shape index (κ1) is 14.2. The van der Waals surface area contributed by atoms with Crippen LogP contribution >= 0.6 is 0 Å². The number of ether oxygens (including phenoxy) is 1. The van der Waals surface area contributed by atoms with Crippen molar-refractivity contribution in [3.63, 3.8) is 0 Å². The van der Waals surface area contributed by atoms with E-state index in [0.29, 0.717) is 22.8 Å². The van der Waals surface area contributed by atoms with E-state index in [9.17, 15) is 8.78 Å². The smallest absolute Gasteiger partial charge is 0.228 e. The number of benzene rings is 1. The standard InChI is InChI=1S/C15H14F2N4O/c1-10(12-8-11(17)2-3-13(12)22-9-16)19-14-5-7-21-15(20-14)4-6-18-21/h2-8,10H,9H2,1H3,(H,19,20). The molecule has 5 nitrogen and oxygen atoms in total. The third kappa shape index (κ3) is 2.83. The summed E-state index contributed by atoms with van der Waals surface area (Å²) in [6.45, 7) is 0.855. The lowest BCUT2D eigenvalue weighted by Gasteiger charge is -2.18. The van der Waals surface area contributed by atoms with Crippen LogP contribution in [0.1, 0.15) is 18.5 Å². The van der Waals surface area contributed by atoms with Crippen molar-refractivity contribution >= 4 is 11.5 Å². The minimum atomic E-state index is -0.967. The maximum absolute atomic E-state index is 13.4. The lowest BCUT2D eigenvalue weighted by molar-refractivity contribution is 0.189. The molecule has 1 aromatic carbocycles. The average Bonchev–Trinajstić information content (AvgIpc) is 2.97. The second kappa shape index (κ2) is 5.97. The fourth-order valence-electron chi connectivity index (χ4n) is 2.24. The van der Waals surface area contributed by atoms with Gasteiger partial charge in [-0.3, -0.25) is 0 Å². The molecule has 0 aliphatic rings. The fourth-order valence-corrected chi connectivity index (χ4v) is 2.24. The van der Waals surface area contributed by atoms with Crippen LogP contribution in [-0.4, -0.2) is 21.5 Å². The third-order valence-electron chi connectivity index (χ3n) is 3.27. The highest BCUT2D eigenvalue weighted by molar-refractivity contribution is 5.48. The van der Waals surface area contributed by atoms with Crippen LogP contribution in [0, 0.1) is 5.82 Å². The maximum atomic E-state index is 13.4. The zero-order valence-electron chi connectivity index (χ0n) is 11.8. The Morgan fingerprint density at radius 3 is 3.00 bits per heavy atom. The predicted octanol–water partition coefficient (Wildman–Crippen LogP) is 3.35. The van der Waals surface area contributed by atoms with Gasteiger partial charge in [-0.1, -0.05) is 0 Å². The molecule has 22 heavy (non-hydrogen) atoms. The summed E-state index contributed by atoms with van der Waals surface area (Å²) in [6.07, 6.45) is 3.41. The lowest BCUT2D eigenvalue weighted by Crippen LogP contribution is -2.10. The molecule has 3 rings (SSSR count). The molecule has 0 saturated heterocycles. The molecule has 0 fully saturated rings. The molecular weight excluding hydrogens is 290 g/mol. The highest BCUT2D eigenvalue weighted by atomic mass is 19.1. The normalized spacial score (nSPS) is 12.3. The summed E-state index contributed by atoms with van der Waals surface area (Å²) in [7, 11) is 0. The van der Waals surface area contributed by atoms with E-state index >= 15 is 0 Å². The molecule has 0 bridgehead atoms. The second-order valence-corrected chi connectivity index (χ2v) is 4.75. The molecule has 2 aromatic heterocycles. The van der Waals surface area contributed by atoms with Crippen molar-refractivity contribution in [3.8, 4) is 5.75 Å². The van der Waals surface area contributed by atoms with Crippen molar-refractivity contribution in [2.75, 3.05) is 12.2 Å². The number of nitrogens with zero attached hydrogens (tertiary/aromatic N) is 3. The number of alkyl halides is 1. The number of hydrogen-bond donors (Lipinski definition) is 1. The lowest BCUT2D eigenvalue weighted by atomic mass is 10.1. The molecule has 0 aliphatic heterocycles. The molecule has 0 saturated carbocycles. The van der Waals surface area contributed by atoms with E-state index in [1.54, 1.807) is 29.0 Å². The molecule has 0 amide bonds. The van der Waals surface area contributed by atoms with E-state index in [4.69, 9.17) is 4.74 Å². The van der Waals surface area contributed by atoms with Crippen LogP contribution in [0.2, 0.25) is 0 Å². The Kier molecular flexibility index (Phi) is 3.86. The molecule has 1 atom stereocenters. The number of aromatic nitrogens is 3. The molecule has 3 aromatic rings. The molecule has 0 aliphatic carbocycles. The van der Waals surface area contributed by atoms with Gasteiger partial charge in [0.1, 0.15) is 17.4 Å². The van der Waals surface area contributed by atoms with Gasteiger partial charge in [0.25, 0.3) is 0 Å². The number of anilines is 1. The molecular formula is C15H14F2N4O. The zero-order valence-corrected chi connectivity index (χ0v) is 11.8. The topological polar surface area (TPSA) is 51.5 Å². The van der Waals surface area contributed by atoms with Gasteiger partial charge in [0, 0.05) is 17.8 Å². The Morgan fingerprint density at radius 2 is 2.18 bits per heavy atom. The van der Waals surface area contributed by atoms with E-state index in [-0.39, 0.29) is 6.04 Å². The molecule has 2 heterocycles. The predicted molar refractivity (Wildman–Crippen MR) is 78.0 cm³/mol. The first-order chi connectivity index (χ1) is 10.7. The average molecular weight is 304 g/mol. The highest BCUT2D eigenvalue weighted by Gasteiger charge is 2.14. The minimum Gasteiger partial charge on any atom is -0.463 e. The largest absolute Gasteiger partial charge is 0.463 e. The van der Waals surface area contributed by atoms with Gasteiger partial charge in [0.05, 0.1) is 12.2 Å². The molecule has 7 heteroatoms. The maximum Gasteiger partial charge on any atom is 0.228 e. The van der Waals surface area contributed by atoms with Gasteiger partial charge in [0.15, 0.2) is 5.65 Å². The van der Waals surface area contributed by atoms with E-state index < -0.39 is 12.7 Å². The van der Waals surface area contributed by atoms with Crippen LogP contribution in [0.4, 0.5) is 14.6 Å². The Balaban J connectivity index is 1.86. The number of fused-ring (bicyclic) bond motifs is 1. The summed E-state index contributed by atoms with van der Waals surface area (Å²) in [6, 6.07) is 7.18. The van der Waals surface area contributed by atoms with Gasteiger partial charge in [-0.15, -0.1) is 0 Å². The number of rotatable bonds is 5. The van der Waals surface area contributed by atoms with E-state index in [1.807, 2.05) is 6.92 Å². The molecule has 1 N–H and O–H groups in total. The summed E-state index contributed by atoms with van der Waals surface area (Å²) in [4.78, 5) is 4.38. The van der Waals surface area contributed by atoms with Crippen LogP contribution in [0.5, 0.6) is 5.75 Å². The van der Waals surface area contributed by atoms with E-state index in [1.165, 1.54) is 18.2 Å². The van der Waals surface area contributed by atoms with Crippen molar-refractivity contribution in [1.29, 1.82) is 0 Å². The van der Waals surface area contributed by atoms with Crippen LogP contribution in [0.15, 0.2) is 42.7 Å². The van der Waals surface area contributed by atoms with Crippen molar-refractivity contribution in [2.24, 2.45) is 0 Å². The van der Waals surface area contributed by atoms with Crippen LogP contribution in [0.25, 0.3) is 5.65 Å². The zero-order chi connectivity index (χ0) is 15.5. The molecule has 1 unspecified atom stereocenters. The summed E-state index contributed by atoms with van der Waals surface area (Å²) in [5.74, 6) is 0.499. The minimum absolute atomic E-state index is 0.300. The quantitative estimate of drug-likeness (QED) is 0.785.